The van der Waals surface area contributed by atoms with Crippen molar-refractivity contribution in [2.75, 3.05) is 0 Å². The van der Waals surface area contributed by atoms with Crippen molar-refractivity contribution in [3.8, 4) is 0 Å². The molecule has 0 fully saturated rings. The third-order valence-corrected chi connectivity index (χ3v) is 5.53. The summed E-state index contributed by atoms with van der Waals surface area (Å²) in [5, 5.41) is 10.3. The average Bonchev–Trinajstić information content (AvgIpc) is 2.65. The predicted octanol–water partition coefficient (Wildman–Crippen LogP) is 4.05. The van der Waals surface area contributed by atoms with Gasteiger partial charge in [-0.2, -0.15) is 5.06 Å². The van der Waals surface area contributed by atoms with E-state index in [0.29, 0.717) is 17.0 Å². The summed E-state index contributed by atoms with van der Waals surface area (Å²) in [4.78, 5) is 31.2. The number of hydroxylamine groups is 2. The molecule has 0 unspecified atom stereocenters. The van der Waals surface area contributed by atoms with E-state index >= 15 is 0 Å². The second kappa shape index (κ2) is 10.2. The summed E-state index contributed by atoms with van der Waals surface area (Å²) in [6.45, 7) is 0. The molecule has 2 aromatic rings. The van der Waals surface area contributed by atoms with Gasteiger partial charge in [0.05, 0.1) is 5.66 Å². The molecule has 3 N–H and O–H groups in total. The van der Waals surface area contributed by atoms with Crippen LogP contribution >= 0.6 is 7.60 Å². The van der Waals surface area contributed by atoms with Crippen molar-refractivity contribution in [1.29, 1.82) is 0 Å². The van der Waals surface area contributed by atoms with Crippen LogP contribution in [0.3, 0.4) is 0 Å². The minimum Gasteiger partial charge on any atom is -0.324 e. The molecule has 0 spiro atoms. The fourth-order valence-electron chi connectivity index (χ4n) is 2.73. The molecule has 0 saturated carbocycles. The van der Waals surface area contributed by atoms with E-state index in [1.54, 1.807) is 36.4 Å². The molecule has 0 bridgehead atoms. The van der Waals surface area contributed by atoms with Gasteiger partial charge in [0, 0.05) is 12.6 Å². The van der Waals surface area contributed by atoms with Crippen molar-refractivity contribution in [3.63, 3.8) is 0 Å². The maximum atomic E-state index is 12.0. The molecule has 0 aliphatic heterocycles. The lowest BCUT2D eigenvalue weighted by molar-refractivity contribution is -0.154. The zero-order chi connectivity index (χ0) is 19.7. The van der Waals surface area contributed by atoms with Crippen LogP contribution < -0.4 is 0 Å². The topological polar surface area (TPSA) is 98.1 Å². The number of aryl methyl sites for hydroxylation is 1. The SMILES string of the molecule is O=C(CC[C@@H](c1ccccc1)P(=O)(O)O)N(O)/C=C/CCc1ccccc1. The van der Waals surface area contributed by atoms with Gasteiger partial charge in [-0.15, -0.1) is 0 Å². The van der Waals surface area contributed by atoms with Crippen LogP contribution in [0.2, 0.25) is 0 Å². The summed E-state index contributed by atoms with van der Waals surface area (Å²) in [5.41, 5.74) is 0.560. The fourth-order valence-corrected chi connectivity index (χ4v) is 3.76. The Labute approximate surface area is 158 Å². The summed E-state index contributed by atoms with van der Waals surface area (Å²) in [7, 11) is -4.41. The van der Waals surface area contributed by atoms with Gasteiger partial charge in [-0.25, -0.2) is 0 Å². The summed E-state index contributed by atoms with van der Waals surface area (Å²) in [6, 6.07) is 18.2. The number of hydrogen-bond acceptors (Lipinski definition) is 3. The molecule has 2 rings (SSSR count). The van der Waals surface area contributed by atoms with E-state index in [1.165, 1.54) is 6.20 Å². The van der Waals surface area contributed by atoms with E-state index in [2.05, 4.69) is 0 Å². The van der Waals surface area contributed by atoms with E-state index < -0.39 is 19.2 Å². The van der Waals surface area contributed by atoms with Gasteiger partial charge >= 0.3 is 7.60 Å². The molecule has 144 valence electrons. The molecule has 7 heteroatoms. The highest BCUT2D eigenvalue weighted by Crippen LogP contribution is 2.54. The first-order valence-electron chi connectivity index (χ1n) is 8.69. The van der Waals surface area contributed by atoms with Crippen molar-refractivity contribution in [1.82, 2.24) is 5.06 Å². The second-order valence-electron chi connectivity index (χ2n) is 6.20. The van der Waals surface area contributed by atoms with Crippen molar-refractivity contribution in [2.24, 2.45) is 0 Å². The van der Waals surface area contributed by atoms with Crippen molar-refractivity contribution >= 4 is 13.5 Å². The maximum absolute atomic E-state index is 12.0. The highest BCUT2D eigenvalue weighted by Gasteiger charge is 2.30. The lowest BCUT2D eigenvalue weighted by Crippen LogP contribution is -2.22. The first-order valence-corrected chi connectivity index (χ1v) is 10.4. The van der Waals surface area contributed by atoms with Crippen LogP contribution in [0.1, 0.15) is 36.0 Å². The van der Waals surface area contributed by atoms with Gasteiger partial charge in [0.25, 0.3) is 0 Å². The van der Waals surface area contributed by atoms with E-state index in [1.807, 2.05) is 30.3 Å². The van der Waals surface area contributed by atoms with Crippen LogP contribution in [0, 0.1) is 0 Å². The monoisotopic (exact) mass is 389 g/mol. The smallest absolute Gasteiger partial charge is 0.324 e. The molecule has 0 saturated heterocycles. The van der Waals surface area contributed by atoms with Crippen LogP contribution in [0.5, 0.6) is 0 Å². The third kappa shape index (κ3) is 7.12. The molecular formula is C20H24NO5P. The van der Waals surface area contributed by atoms with Crippen LogP contribution in [-0.4, -0.2) is 26.0 Å². The minimum absolute atomic E-state index is 0.0535. The lowest BCUT2D eigenvalue weighted by Gasteiger charge is -2.19. The summed E-state index contributed by atoms with van der Waals surface area (Å²) in [6.07, 6.45) is 4.17. The Morgan fingerprint density at radius 2 is 1.63 bits per heavy atom. The molecule has 6 nitrogen and oxygen atoms in total. The third-order valence-electron chi connectivity index (χ3n) is 4.17. The summed E-state index contributed by atoms with van der Waals surface area (Å²) >= 11 is 0. The van der Waals surface area contributed by atoms with Gasteiger partial charge in [-0.3, -0.25) is 14.6 Å². The Kier molecular flexibility index (Phi) is 7.95. The number of amides is 1. The quantitative estimate of drug-likeness (QED) is 0.341. The van der Waals surface area contributed by atoms with E-state index in [0.717, 1.165) is 12.0 Å². The molecule has 2 aromatic carbocycles. The number of hydrogen-bond donors (Lipinski definition) is 3. The molecule has 27 heavy (non-hydrogen) atoms. The first-order chi connectivity index (χ1) is 12.9. The lowest BCUT2D eigenvalue weighted by atomic mass is 10.1. The summed E-state index contributed by atoms with van der Waals surface area (Å²) in [5.74, 6) is -0.611. The molecule has 0 heterocycles. The molecule has 0 aromatic heterocycles. The van der Waals surface area contributed by atoms with Crippen LogP contribution in [0.15, 0.2) is 72.9 Å². The first kappa shape index (κ1) is 21.1. The summed E-state index contributed by atoms with van der Waals surface area (Å²) < 4.78 is 11.8. The highest BCUT2D eigenvalue weighted by molar-refractivity contribution is 7.52. The average molecular weight is 389 g/mol. The molecule has 0 radical (unpaired) electrons. The Morgan fingerprint density at radius 1 is 1.04 bits per heavy atom. The van der Waals surface area contributed by atoms with Crippen LogP contribution in [-0.2, 0) is 15.8 Å². The molecule has 1 amide bonds. The minimum atomic E-state index is -4.41. The highest BCUT2D eigenvalue weighted by atomic mass is 31.2. The Morgan fingerprint density at radius 3 is 2.22 bits per heavy atom. The molecular weight excluding hydrogens is 365 g/mol. The van der Waals surface area contributed by atoms with Crippen LogP contribution in [0.25, 0.3) is 0 Å². The zero-order valence-electron chi connectivity index (χ0n) is 14.9. The van der Waals surface area contributed by atoms with E-state index in [4.69, 9.17) is 0 Å². The number of benzene rings is 2. The van der Waals surface area contributed by atoms with Crippen molar-refractivity contribution in [3.05, 3.63) is 84.1 Å². The second-order valence-corrected chi connectivity index (χ2v) is 8.00. The van der Waals surface area contributed by atoms with E-state index in [-0.39, 0.29) is 12.8 Å². The Balaban J connectivity index is 1.85. The number of allylic oxidation sites excluding steroid dienone is 1. The van der Waals surface area contributed by atoms with Gasteiger partial charge in [-0.05, 0) is 30.4 Å². The fraction of sp³-hybridized carbons (Fsp3) is 0.250. The number of carbonyl (C=O) groups is 1. The largest absolute Gasteiger partial charge is 0.332 e. The van der Waals surface area contributed by atoms with Crippen molar-refractivity contribution < 1.29 is 24.4 Å². The van der Waals surface area contributed by atoms with Gasteiger partial charge < -0.3 is 9.79 Å². The Hall–Kier alpha value is -2.24. The molecule has 0 aliphatic carbocycles. The van der Waals surface area contributed by atoms with Gasteiger partial charge in [0.2, 0.25) is 5.91 Å². The molecule has 0 aliphatic rings. The van der Waals surface area contributed by atoms with Crippen LogP contribution in [0.4, 0.5) is 0 Å². The van der Waals surface area contributed by atoms with Crippen molar-refractivity contribution in [2.45, 2.75) is 31.3 Å². The van der Waals surface area contributed by atoms with Gasteiger partial charge in [-0.1, -0.05) is 66.7 Å². The number of rotatable bonds is 9. The predicted molar refractivity (Wildman–Crippen MR) is 103 cm³/mol. The Bertz CT molecular complexity index is 789. The standard InChI is InChI=1S/C20H24NO5P/c22-20(21(23)16-8-7-11-17-9-3-1-4-10-17)15-14-19(27(24,25)26)18-12-5-2-6-13-18/h1-6,8-10,12-13,16,19,23H,7,11,14-15H2,(H2,24,25,26)/b16-8+/t19-/m0/s1. The number of carbonyl (C=O) groups excluding carboxylic acids is 1. The maximum Gasteiger partial charge on any atom is 0.332 e. The van der Waals surface area contributed by atoms with Gasteiger partial charge in [0.15, 0.2) is 0 Å². The molecule has 1 atom stereocenters. The van der Waals surface area contributed by atoms with Gasteiger partial charge in [0.1, 0.15) is 0 Å². The van der Waals surface area contributed by atoms with E-state index in [9.17, 15) is 24.4 Å². The number of nitrogens with zero attached hydrogens (tertiary/aromatic N) is 1. The zero-order valence-corrected chi connectivity index (χ0v) is 15.8. The normalized spacial score (nSPS) is 12.9.